The molecule has 0 radical (unpaired) electrons. The van der Waals surface area contributed by atoms with Gasteiger partial charge in [0.1, 0.15) is 18.4 Å². The normalized spacial score (nSPS) is 14.6. The number of rotatable bonds is 9. The Labute approximate surface area is 264 Å². The highest BCUT2D eigenvalue weighted by Crippen LogP contribution is 2.41. The fourth-order valence-corrected chi connectivity index (χ4v) is 6.83. The molecular formula is C34H32ClN3O5S. The van der Waals surface area contributed by atoms with E-state index < -0.39 is 6.04 Å². The molecule has 4 aromatic rings. The van der Waals surface area contributed by atoms with Crippen molar-refractivity contribution in [3.8, 4) is 29.6 Å². The lowest BCUT2D eigenvalue weighted by atomic mass is 9.90. The van der Waals surface area contributed by atoms with Gasteiger partial charge in [-0.1, -0.05) is 59.2 Å². The van der Waals surface area contributed by atoms with Crippen molar-refractivity contribution >= 4 is 45.7 Å². The van der Waals surface area contributed by atoms with E-state index >= 15 is 0 Å². The number of hydrogen-bond donors (Lipinski definition) is 0. The van der Waals surface area contributed by atoms with E-state index in [-0.39, 0.29) is 18.1 Å². The number of aromatic nitrogens is 1. The van der Waals surface area contributed by atoms with Gasteiger partial charge >= 0.3 is 0 Å². The van der Waals surface area contributed by atoms with Crippen LogP contribution in [0.5, 0.6) is 17.2 Å². The zero-order valence-electron chi connectivity index (χ0n) is 25.1. The number of nitrogens with zero attached hydrogens (tertiary/aromatic N) is 3. The van der Waals surface area contributed by atoms with Crippen molar-refractivity contribution in [1.82, 2.24) is 9.47 Å². The Hall–Kier alpha value is -4.52. The molecule has 10 heteroatoms. The summed E-state index contributed by atoms with van der Waals surface area (Å²) in [6, 6.07) is 14.3. The lowest BCUT2D eigenvalue weighted by Crippen LogP contribution is -2.43. The minimum atomic E-state index is -0.778. The van der Waals surface area contributed by atoms with Crippen molar-refractivity contribution in [2.75, 3.05) is 33.9 Å². The van der Waals surface area contributed by atoms with Crippen molar-refractivity contribution < 1.29 is 19.0 Å². The quantitative estimate of drug-likeness (QED) is 0.245. The summed E-state index contributed by atoms with van der Waals surface area (Å²) in [6.07, 6.45) is 7.07. The number of hydrogen-bond acceptors (Lipinski definition) is 7. The molecule has 0 bridgehead atoms. The fraction of sp³-hybridized carbons (Fsp3) is 0.265. The van der Waals surface area contributed by atoms with E-state index in [0.29, 0.717) is 61.5 Å². The largest absolute Gasteiger partial charge is 0.496 e. The van der Waals surface area contributed by atoms with Gasteiger partial charge in [0.25, 0.3) is 11.5 Å². The summed E-state index contributed by atoms with van der Waals surface area (Å²) in [5.74, 6) is 3.51. The van der Waals surface area contributed by atoms with E-state index in [1.165, 1.54) is 18.4 Å². The number of allylic oxidation sites excluding steroid dienone is 1. The van der Waals surface area contributed by atoms with Crippen LogP contribution in [0, 0.1) is 12.3 Å². The first-order valence-electron chi connectivity index (χ1n) is 14.1. The maximum absolute atomic E-state index is 14.4. The highest BCUT2D eigenvalue weighted by Gasteiger charge is 2.36. The van der Waals surface area contributed by atoms with Gasteiger partial charge < -0.3 is 19.1 Å². The summed E-state index contributed by atoms with van der Waals surface area (Å²) < 4.78 is 18.9. The Morgan fingerprint density at radius 1 is 1.14 bits per heavy atom. The molecule has 0 unspecified atom stereocenters. The summed E-state index contributed by atoms with van der Waals surface area (Å²) in [5.41, 5.74) is 2.03. The molecule has 1 aliphatic rings. The van der Waals surface area contributed by atoms with Gasteiger partial charge in [-0.15, -0.1) is 6.42 Å². The topological polar surface area (TPSA) is 82.4 Å². The van der Waals surface area contributed by atoms with Crippen LogP contribution in [0.25, 0.3) is 16.8 Å². The van der Waals surface area contributed by atoms with Crippen LogP contribution in [0.3, 0.4) is 0 Å². The fourth-order valence-electron chi connectivity index (χ4n) is 5.51. The van der Waals surface area contributed by atoms with Gasteiger partial charge in [0.15, 0.2) is 16.3 Å². The SMILES string of the molecule is C#CCOc1c(Cl)cc(/C=c2/sc3n(c2=O)[C@H](c2c(OC)ccc4ccccc24)C(C(=O)N(CC)CC)=C(C)N=3)cc1OC. The molecule has 2 heterocycles. The van der Waals surface area contributed by atoms with E-state index in [1.54, 1.807) is 34.8 Å². The van der Waals surface area contributed by atoms with Crippen LogP contribution in [-0.4, -0.2) is 49.3 Å². The molecule has 5 rings (SSSR count). The molecule has 0 fully saturated rings. The highest BCUT2D eigenvalue weighted by molar-refractivity contribution is 7.07. The number of methoxy groups -OCH3 is 2. The molecule has 0 saturated heterocycles. The predicted molar refractivity (Wildman–Crippen MR) is 175 cm³/mol. The highest BCUT2D eigenvalue weighted by atomic mass is 35.5. The molecule has 0 aliphatic carbocycles. The summed E-state index contributed by atoms with van der Waals surface area (Å²) in [4.78, 5) is 35.5. The average Bonchev–Trinajstić information content (AvgIpc) is 3.33. The monoisotopic (exact) mass is 629 g/mol. The number of halogens is 1. The molecule has 1 aliphatic heterocycles. The lowest BCUT2D eigenvalue weighted by molar-refractivity contribution is -0.127. The number of carbonyl (C=O) groups excluding carboxylic acids is 1. The van der Waals surface area contributed by atoms with Crippen molar-refractivity contribution in [2.24, 2.45) is 4.99 Å². The summed E-state index contributed by atoms with van der Waals surface area (Å²) in [6.45, 7) is 6.74. The molecule has 226 valence electrons. The molecule has 1 aromatic heterocycles. The van der Waals surface area contributed by atoms with Crippen LogP contribution >= 0.6 is 22.9 Å². The Kier molecular flexibility index (Phi) is 9.14. The van der Waals surface area contributed by atoms with Crippen molar-refractivity contribution in [3.05, 3.63) is 95.6 Å². The van der Waals surface area contributed by atoms with E-state index in [4.69, 9.17) is 37.2 Å². The second-order valence-electron chi connectivity index (χ2n) is 9.99. The number of ether oxygens (including phenoxy) is 3. The van der Waals surface area contributed by atoms with Crippen LogP contribution in [0.15, 0.2) is 69.6 Å². The van der Waals surface area contributed by atoms with Crippen LogP contribution in [0.1, 0.15) is 37.9 Å². The zero-order valence-corrected chi connectivity index (χ0v) is 26.7. The molecule has 8 nitrogen and oxygen atoms in total. The van der Waals surface area contributed by atoms with Crippen LogP contribution in [0.2, 0.25) is 5.02 Å². The number of amides is 1. The lowest BCUT2D eigenvalue weighted by Gasteiger charge is -2.30. The first kappa shape index (κ1) is 30.9. The van der Waals surface area contributed by atoms with Gasteiger partial charge in [-0.2, -0.15) is 0 Å². The molecule has 0 N–H and O–H groups in total. The number of likely N-dealkylation sites (N-methyl/N-ethyl adjacent to an activating group) is 1. The third kappa shape index (κ3) is 5.47. The second kappa shape index (κ2) is 13.0. The second-order valence-corrected chi connectivity index (χ2v) is 11.4. The van der Waals surface area contributed by atoms with E-state index in [2.05, 4.69) is 5.92 Å². The Balaban J connectivity index is 1.80. The summed E-state index contributed by atoms with van der Waals surface area (Å²) >= 11 is 7.76. The Bertz CT molecular complexity index is 2020. The molecule has 0 saturated carbocycles. The Morgan fingerprint density at radius 3 is 2.55 bits per heavy atom. The van der Waals surface area contributed by atoms with Gasteiger partial charge in [-0.25, -0.2) is 4.99 Å². The predicted octanol–water partition coefficient (Wildman–Crippen LogP) is 4.94. The van der Waals surface area contributed by atoms with Gasteiger partial charge in [0, 0.05) is 18.7 Å². The summed E-state index contributed by atoms with van der Waals surface area (Å²) in [7, 11) is 3.09. The maximum Gasteiger partial charge on any atom is 0.271 e. The number of fused-ring (bicyclic) bond motifs is 2. The molecule has 3 aromatic carbocycles. The first-order valence-corrected chi connectivity index (χ1v) is 15.3. The van der Waals surface area contributed by atoms with E-state index in [1.807, 2.05) is 57.2 Å². The van der Waals surface area contributed by atoms with E-state index in [9.17, 15) is 9.59 Å². The number of benzene rings is 3. The molecular weight excluding hydrogens is 598 g/mol. The van der Waals surface area contributed by atoms with Gasteiger partial charge in [-0.3, -0.25) is 14.2 Å². The average molecular weight is 630 g/mol. The van der Waals surface area contributed by atoms with Gasteiger partial charge in [0.2, 0.25) is 0 Å². The van der Waals surface area contributed by atoms with E-state index in [0.717, 1.165) is 16.3 Å². The molecule has 1 amide bonds. The molecule has 1 atom stereocenters. The minimum absolute atomic E-state index is 0.0273. The number of terminal acetylenes is 1. The first-order chi connectivity index (χ1) is 21.3. The third-order valence-corrected chi connectivity index (χ3v) is 8.84. The number of carbonyl (C=O) groups is 1. The zero-order chi connectivity index (χ0) is 31.5. The molecule has 0 spiro atoms. The Morgan fingerprint density at radius 2 is 1.86 bits per heavy atom. The number of thiazole rings is 1. The van der Waals surface area contributed by atoms with Gasteiger partial charge in [0.05, 0.1) is 35.0 Å². The minimum Gasteiger partial charge on any atom is -0.496 e. The molecule has 44 heavy (non-hydrogen) atoms. The summed E-state index contributed by atoms with van der Waals surface area (Å²) in [5, 5.41) is 2.13. The van der Waals surface area contributed by atoms with Crippen LogP contribution < -0.4 is 29.1 Å². The standard InChI is InChI=1S/C34H32ClN3O5S/c1-7-16-43-31-24(35)17-21(18-26(31)42-6)19-27-32(39)38-30(29-23-13-11-10-12-22(23)14-15-25(29)41-5)28(20(4)36-34(38)44-27)33(40)37(8-2)9-3/h1,10-15,17-19,30H,8-9,16H2,2-6H3/b27-19+/t30-/m0/s1. The third-order valence-electron chi connectivity index (χ3n) is 7.58. The van der Waals surface area contributed by atoms with Gasteiger partial charge in [-0.05, 0) is 61.4 Å². The maximum atomic E-state index is 14.4. The van der Waals surface area contributed by atoms with Crippen LogP contribution in [0.4, 0.5) is 0 Å². The van der Waals surface area contributed by atoms with Crippen molar-refractivity contribution in [2.45, 2.75) is 26.8 Å². The van der Waals surface area contributed by atoms with Crippen molar-refractivity contribution in [1.29, 1.82) is 0 Å². The van der Waals surface area contributed by atoms with Crippen molar-refractivity contribution in [3.63, 3.8) is 0 Å². The van der Waals surface area contributed by atoms with Crippen LogP contribution in [-0.2, 0) is 4.79 Å². The smallest absolute Gasteiger partial charge is 0.271 e.